The van der Waals surface area contributed by atoms with Crippen molar-refractivity contribution in [2.24, 2.45) is 5.92 Å². The molecule has 1 aliphatic heterocycles. The van der Waals surface area contributed by atoms with Gasteiger partial charge in [-0.25, -0.2) is 4.79 Å². The number of piperazine rings is 1. The molecule has 5 heteroatoms. The second-order valence-corrected chi connectivity index (χ2v) is 8.79. The Morgan fingerprint density at radius 1 is 1.32 bits per heavy atom. The Hall–Kier alpha value is -1.26. The van der Waals surface area contributed by atoms with E-state index in [0.717, 1.165) is 24.4 Å². The van der Waals surface area contributed by atoms with E-state index in [9.17, 15) is 4.79 Å². The summed E-state index contributed by atoms with van der Waals surface area (Å²) in [5.74, 6) is 0.532. The van der Waals surface area contributed by atoms with Crippen molar-refractivity contribution in [2.45, 2.75) is 65.1 Å². The van der Waals surface area contributed by atoms with E-state index in [4.69, 9.17) is 16.3 Å². The Morgan fingerprint density at radius 2 is 1.96 bits per heavy atom. The van der Waals surface area contributed by atoms with E-state index in [2.05, 4.69) is 19.2 Å². The average Bonchev–Trinajstić information content (AvgIpc) is 2.49. The minimum Gasteiger partial charge on any atom is -0.444 e. The van der Waals surface area contributed by atoms with Gasteiger partial charge in [0.2, 0.25) is 0 Å². The Labute approximate surface area is 156 Å². The van der Waals surface area contributed by atoms with Gasteiger partial charge in [0.05, 0.1) is 0 Å². The first-order chi connectivity index (χ1) is 11.6. The van der Waals surface area contributed by atoms with Crippen molar-refractivity contribution in [1.82, 2.24) is 10.2 Å². The molecular formula is C20H31ClN2O2. The van der Waals surface area contributed by atoms with Crippen LogP contribution in [0.15, 0.2) is 24.3 Å². The third kappa shape index (κ3) is 6.52. The van der Waals surface area contributed by atoms with Crippen LogP contribution in [-0.2, 0) is 11.2 Å². The Bertz CT molecular complexity index is 566. The van der Waals surface area contributed by atoms with Gasteiger partial charge < -0.3 is 15.0 Å². The van der Waals surface area contributed by atoms with Crippen LogP contribution in [-0.4, -0.2) is 41.8 Å². The summed E-state index contributed by atoms with van der Waals surface area (Å²) in [6.07, 6.45) is 1.63. The molecule has 1 aromatic carbocycles. The van der Waals surface area contributed by atoms with E-state index in [1.807, 2.05) is 49.9 Å². The first kappa shape index (κ1) is 20.1. The Kier molecular flexibility index (Phi) is 6.75. The van der Waals surface area contributed by atoms with Gasteiger partial charge in [-0.05, 0) is 57.2 Å². The second-order valence-electron chi connectivity index (χ2n) is 8.35. The van der Waals surface area contributed by atoms with Crippen LogP contribution >= 0.6 is 11.6 Å². The summed E-state index contributed by atoms with van der Waals surface area (Å²) in [4.78, 5) is 14.6. The monoisotopic (exact) mass is 366 g/mol. The number of hydrogen-bond acceptors (Lipinski definition) is 3. The highest BCUT2D eigenvalue weighted by atomic mass is 35.5. The number of carbonyl (C=O) groups is 1. The van der Waals surface area contributed by atoms with Gasteiger partial charge in [0.1, 0.15) is 5.60 Å². The molecule has 0 bridgehead atoms. The van der Waals surface area contributed by atoms with Crippen molar-refractivity contribution in [3.63, 3.8) is 0 Å². The van der Waals surface area contributed by atoms with Crippen LogP contribution in [0, 0.1) is 5.92 Å². The van der Waals surface area contributed by atoms with Crippen LogP contribution in [0.5, 0.6) is 0 Å². The van der Waals surface area contributed by atoms with Crippen molar-refractivity contribution in [1.29, 1.82) is 0 Å². The molecule has 1 N–H and O–H groups in total. The predicted octanol–water partition coefficient (Wildman–Crippen LogP) is 4.51. The maximum absolute atomic E-state index is 12.7. The van der Waals surface area contributed by atoms with Crippen molar-refractivity contribution < 1.29 is 9.53 Å². The smallest absolute Gasteiger partial charge is 0.410 e. The van der Waals surface area contributed by atoms with Gasteiger partial charge in [0.15, 0.2) is 0 Å². The molecule has 1 heterocycles. The van der Waals surface area contributed by atoms with Gasteiger partial charge >= 0.3 is 6.09 Å². The fourth-order valence-corrected chi connectivity index (χ4v) is 3.33. The van der Waals surface area contributed by atoms with Gasteiger partial charge in [-0.3, -0.25) is 0 Å². The fraction of sp³-hybridized carbons (Fsp3) is 0.650. The molecule has 0 aromatic heterocycles. The van der Waals surface area contributed by atoms with Crippen LogP contribution in [0.3, 0.4) is 0 Å². The van der Waals surface area contributed by atoms with Gasteiger partial charge in [0, 0.05) is 30.2 Å². The lowest BCUT2D eigenvalue weighted by molar-refractivity contribution is 0.00499. The molecule has 4 nitrogen and oxygen atoms in total. The lowest BCUT2D eigenvalue weighted by Gasteiger charge is -2.41. The first-order valence-electron chi connectivity index (χ1n) is 9.11. The highest BCUT2D eigenvalue weighted by molar-refractivity contribution is 6.30. The third-order valence-corrected chi connectivity index (χ3v) is 4.52. The fourth-order valence-electron chi connectivity index (χ4n) is 3.20. The van der Waals surface area contributed by atoms with Gasteiger partial charge in [-0.2, -0.15) is 0 Å². The van der Waals surface area contributed by atoms with E-state index < -0.39 is 5.60 Å². The SMILES string of the molecule is CC(C)C[C@H]1CN[C@@H](Cc2ccc(Cl)cc2)CN1C(=O)OC(C)(C)C. The number of carbonyl (C=O) groups excluding carboxylic acids is 1. The molecule has 1 fully saturated rings. The molecule has 1 saturated heterocycles. The maximum Gasteiger partial charge on any atom is 0.410 e. The largest absolute Gasteiger partial charge is 0.444 e. The number of benzene rings is 1. The molecule has 0 spiro atoms. The van der Waals surface area contributed by atoms with E-state index >= 15 is 0 Å². The van der Waals surface area contributed by atoms with Crippen molar-refractivity contribution in [3.05, 3.63) is 34.9 Å². The molecule has 2 atom stereocenters. The lowest BCUT2D eigenvalue weighted by Crippen LogP contribution is -2.59. The number of rotatable bonds is 4. The number of nitrogens with one attached hydrogen (secondary N) is 1. The van der Waals surface area contributed by atoms with Crippen molar-refractivity contribution in [2.75, 3.05) is 13.1 Å². The van der Waals surface area contributed by atoms with E-state index in [-0.39, 0.29) is 18.2 Å². The average molecular weight is 367 g/mol. The summed E-state index contributed by atoms with van der Waals surface area (Å²) in [5, 5.41) is 4.35. The molecule has 0 aliphatic carbocycles. The van der Waals surface area contributed by atoms with Gasteiger partial charge in [-0.1, -0.05) is 37.6 Å². The molecular weight excluding hydrogens is 336 g/mol. The minimum absolute atomic E-state index is 0.177. The number of halogens is 1. The molecule has 25 heavy (non-hydrogen) atoms. The zero-order chi connectivity index (χ0) is 18.6. The van der Waals surface area contributed by atoms with Crippen LogP contribution in [0.1, 0.15) is 46.6 Å². The Balaban J connectivity index is 2.06. The standard InChI is InChI=1S/C20H31ClN2O2/c1-14(2)10-18-12-22-17(11-15-6-8-16(21)9-7-15)13-23(18)19(24)25-20(3,4)5/h6-9,14,17-18,22H,10-13H2,1-5H3/t17-,18-/m0/s1. The van der Waals surface area contributed by atoms with E-state index in [0.29, 0.717) is 12.5 Å². The predicted molar refractivity (Wildman–Crippen MR) is 103 cm³/mol. The summed E-state index contributed by atoms with van der Waals surface area (Å²) in [5.41, 5.74) is 0.740. The highest BCUT2D eigenvalue weighted by Gasteiger charge is 2.34. The zero-order valence-electron chi connectivity index (χ0n) is 16.0. The normalized spacial score (nSPS) is 21.5. The van der Waals surface area contributed by atoms with Crippen LogP contribution in [0.2, 0.25) is 5.02 Å². The number of nitrogens with zero attached hydrogens (tertiary/aromatic N) is 1. The maximum atomic E-state index is 12.7. The third-order valence-electron chi connectivity index (χ3n) is 4.27. The Morgan fingerprint density at radius 3 is 2.52 bits per heavy atom. The summed E-state index contributed by atoms with van der Waals surface area (Å²) < 4.78 is 5.65. The number of ether oxygens (including phenoxy) is 1. The zero-order valence-corrected chi connectivity index (χ0v) is 16.8. The van der Waals surface area contributed by atoms with Gasteiger partial charge in [0.25, 0.3) is 0 Å². The number of amides is 1. The molecule has 0 unspecified atom stereocenters. The molecule has 1 aromatic rings. The van der Waals surface area contributed by atoms with E-state index in [1.165, 1.54) is 5.56 Å². The molecule has 0 radical (unpaired) electrons. The minimum atomic E-state index is -0.476. The summed E-state index contributed by atoms with van der Waals surface area (Å²) in [6, 6.07) is 8.30. The number of hydrogen-bond donors (Lipinski definition) is 1. The highest BCUT2D eigenvalue weighted by Crippen LogP contribution is 2.21. The van der Waals surface area contributed by atoms with Gasteiger partial charge in [-0.15, -0.1) is 0 Å². The summed E-state index contributed by atoms with van der Waals surface area (Å²) >= 11 is 5.96. The van der Waals surface area contributed by atoms with Crippen molar-refractivity contribution in [3.8, 4) is 0 Å². The van der Waals surface area contributed by atoms with E-state index in [1.54, 1.807) is 0 Å². The lowest BCUT2D eigenvalue weighted by atomic mass is 9.97. The molecule has 1 aliphatic rings. The second kappa shape index (κ2) is 8.41. The quantitative estimate of drug-likeness (QED) is 0.852. The topological polar surface area (TPSA) is 41.6 Å². The molecule has 140 valence electrons. The van der Waals surface area contributed by atoms with Crippen LogP contribution in [0.25, 0.3) is 0 Å². The van der Waals surface area contributed by atoms with Crippen LogP contribution in [0.4, 0.5) is 4.79 Å². The van der Waals surface area contributed by atoms with Crippen molar-refractivity contribution >= 4 is 17.7 Å². The summed E-state index contributed by atoms with van der Waals surface area (Å²) in [6.45, 7) is 11.6. The molecule has 0 saturated carbocycles. The first-order valence-corrected chi connectivity index (χ1v) is 9.49. The molecule has 2 rings (SSSR count). The summed E-state index contributed by atoms with van der Waals surface area (Å²) in [7, 11) is 0. The molecule has 1 amide bonds. The van der Waals surface area contributed by atoms with Crippen LogP contribution < -0.4 is 5.32 Å².